The van der Waals surface area contributed by atoms with Crippen LogP contribution in [0.3, 0.4) is 0 Å². The quantitative estimate of drug-likeness (QED) is 0.295. The van der Waals surface area contributed by atoms with Crippen molar-refractivity contribution < 1.29 is 25.9 Å². The zero-order valence-corrected chi connectivity index (χ0v) is 19.2. The maximum atomic E-state index is 12.2. The molecule has 0 spiro atoms. The summed E-state index contributed by atoms with van der Waals surface area (Å²) in [4.78, 5) is 7.88. The Morgan fingerprint density at radius 3 is 1.34 bits per heavy atom. The standard InChI is InChI=1S/C20H14N2O6S4/c23-31(24,25)15-7-3-1-5-13(15)17(19-21-9-11-29-19)18(20-22-10-12-30-20)14-6-2-4-8-16(14)32(26,27)28/h1-12H,(H,23,24,25)(H,26,27,28). The van der Waals surface area contributed by atoms with Crippen LogP contribution in [0.5, 0.6) is 0 Å². The third-order valence-corrected chi connectivity index (χ3v) is 7.82. The predicted octanol–water partition coefficient (Wildman–Crippen LogP) is 4.10. The van der Waals surface area contributed by atoms with E-state index in [-0.39, 0.29) is 32.1 Å². The van der Waals surface area contributed by atoms with E-state index in [1.807, 2.05) is 0 Å². The van der Waals surface area contributed by atoms with Gasteiger partial charge in [-0.15, -0.1) is 22.7 Å². The van der Waals surface area contributed by atoms with Crippen LogP contribution in [-0.2, 0) is 20.2 Å². The summed E-state index contributed by atoms with van der Waals surface area (Å²) in [5.74, 6) is 0. The molecule has 2 aromatic heterocycles. The van der Waals surface area contributed by atoms with E-state index >= 15 is 0 Å². The number of benzene rings is 2. The highest BCUT2D eigenvalue weighted by atomic mass is 32.2. The smallest absolute Gasteiger partial charge is 0.282 e. The summed E-state index contributed by atoms with van der Waals surface area (Å²) in [5, 5.41) is 4.10. The minimum Gasteiger partial charge on any atom is -0.282 e. The van der Waals surface area contributed by atoms with Crippen molar-refractivity contribution in [3.8, 4) is 0 Å². The zero-order chi connectivity index (χ0) is 22.9. The zero-order valence-electron chi connectivity index (χ0n) is 16.0. The lowest BCUT2D eigenvalue weighted by molar-refractivity contribution is 0.480. The molecule has 12 heteroatoms. The summed E-state index contributed by atoms with van der Waals surface area (Å²) < 4.78 is 68.4. The molecule has 0 fully saturated rings. The molecule has 8 nitrogen and oxygen atoms in total. The van der Waals surface area contributed by atoms with E-state index in [1.165, 1.54) is 71.5 Å². The topological polar surface area (TPSA) is 135 Å². The molecule has 0 bridgehead atoms. The second-order valence-corrected chi connectivity index (χ2v) is 10.9. The van der Waals surface area contributed by atoms with Gasteiger partial charge in [0.05, 0.1) is 0 Å². The van der Waals surface area contributed by atoms with E-state index in [2.05, 4.69) is 9.97 Å². The fourth-order valence-electron chi connectivity index (χ4n) is 3.20. The van der Waals surface area contributed by atoms with Gasteiger partial charge in [-0.3, -0.25) is 9.11 Å². The Balaban J connectivity index is 2.24. The van der Waals surface area contributed by atoms with Crippen LogP contribution in [0.25, 0.3) is 11.1 Å². The second-order valence-electron chi connectivity index (χ2n) is 6.37. The normalized spacial score (nSPS) is 13.1. The molecule has 0 aliphatic heterocycles. The van der Waals surface area contributed by atoms with E-state index < -0.39 is 20.2 Å². The SMILES string of the molecule is O=S(=O)(O)c1ccccc1C(=C(c1nccs1)c1ccccc1S(=O)(=O)O)c1nccs1. The van der Waals surface area contributed by atoms with Gasteiger partial charge in [-0.1, -0.05) is 36.4 Å². The number of thiazole rings is 2. The number of hydrogen-bond acceptors (Lipinski definition) is 8. The average molecular weight is 507 g/mol. The molecule has 32 heavy (non-hydrogen) atoms. The lowest BCUT2D eigenvalue weighted by Crippen LogP contribution is -2.08. The van der Waals surface area contributed by atoms with Crippen molar-refractivity contribution in [1.82, 2.24) is 9.97 Å². The first-order valence-electron chi connectivity index (χ1n) is 8.85. The minimum atomic E-state index is -4.63. The molecular formula is C20H14N2O6S4. The molecule has 2 N–H and O–H groups in total. The van der Waals surface area contributed by atoms with Crippen LogP contribution in [-0.4, -0.2) is 35.9 Å². The van der Waals surface area contributed by atoms with Crippen LogP contribution >= 0.6 is 22.7 Å². The highest BCUT2D eigenvalue weighted by molar-refractivity contribution is 7.86. The molecule has 0 saturated heterocycles. The predicted molar refractivity (Wildman–Crippen MR) is 122 cm³/mol. The molecule has 0 amide bonds. The molecule has 0 aliphatic carbocycles. The fourth-order valence-corrected chi connectivity index (χ4v) is 6.01. The number of aromatic nitrogens is 2. The Hall–Kier alpha value is -2.74. The van der Waals surface area contributed by atoms with Crippen LogP contribution in [0, 0.1) is 0 Å². The molecule has 4 rings (SSSR count). The Kier molecular flexibility index (Phi) is 6.07. The summed E-state index contributed by atoms with van der Waals surface area (Å²) >= 11 is 2.40. The van der Waals surface area contributed by atoms with Gasteiger partial charge in [-0.2, -0.15) is 16.8 Å². The van der Waals surface area contributed by atoms with Gasteiger partial charge < -0.3 is 0 Å². The number of hydrogen-bond donors (Lipinski definition) is 2. The summed E-state index contributed by atoms with van der Waals surface area (Å²) in [5.41, 5.74) is 0.721. The lowest BCUT2D eigenvalue weighted by atomic mass is 9.95. The van der Waals surface area contributed by atoms with Crippen LogP contribution in [0.2, 0.25) is 0 Å². The second kappa shape index (κ2) is 8.65. The summed E-state index contributed by atoms with van der Waals surface area (Å²) in [6.45, 7) is 0. The summed E-state index contributed by atoms with van der Waals surface area (Å²) in [6, 6.07) is 11.6. The molecule has 2 heterocycles. The van der Waals surface area contributed by atoms with Crippen molar-refractivity contribution in [2.75, 3.05) is 0 Å². The Morgan fingerprint density at radius 2 is 1.03 bits per heavy atom. The lowest BCUT2D eigenvalue weighted by Gasteiger charge is -2.17. The third-order valence-electron chi connectivity index (χ3n) is 4.41. The van der Waals surface area contributed by atoms with Crippen molar-refractivity contribution in [1.29, 1.82) is 0 Å². The van der Waals surface area contributed by atoms with Gasteiger partial charge in [0, 0.05) is 45.4 Å². The van der Waals surface area contributed by atoms with Crippen LogP contribution < -0.4 is 0 Å². The van der Waals surface area contributed by atoms with Gasteiger partial charge in [0.25, 0.3) is 20.2 Å². The van der Waals surface area contributed by atoms with Gasteiger partial charge in [0.15, 0.2) is 0 Å². The molecule has 0 radical (unpaired) electrons. The van der Waals surface area contributed by atoms with Crippen LogP contribution in [0.4, 0.5) is 0 Å². The Morgan fingerprint density at radius 1 is 0.656 bits per heavy atom. The molecule has 2 aromatic carbocycles. The van der Waals surface area contributed by atoms with E-state index in [0.717, 1.165) is 0 Å². The largest absolute Gasteiger partial charge is 0.295 e. The van der Waals surface area contributed by atoms with Crippen molar-refractivity contribution in [2.24, 2.45) is 0 Å². The monoisotopic (exact) mass is 506 g/mol. The van der Waals surface area contributed by atoms with Crippen molar-refractivity contribution >= 4 is 54.1 Å². The van der Waals surface area contributed by atoms with Gasteiger partial charge in [0.2, 0.25) is 0 Å². The average Bonchev–Trinajstić information content (AvgIpc) is 3.45. The third kappa shape index (κ3) is 4.41. The van der Waals surface area contributed by atoms with E-state index in [9.17, 15) is 25.9 Å². The van der Waals surface area contributed by atoms with Crippen molar-refractivity contribution in [2.45, 2.75) is 9.79 Å². The fraction of sp³-hybridized carbons (Fsp3) is 0. The van der Waals surface area contributed by atoms with Crippen LogP contribution in [0.15, 0.2) is 81.5 Å². The molecular weight excluding hydrogens is 492 g/mol. The van der Waals surface area contributed by atoms with Gasteiger partial charge in [-0.25, -0.2) is 9.97 Å². The molecule has 164 valence electrons. The first kappa shape index (κ1) is 22.5. The molecule has 0 aliphatic rings. The number of rotatable bonds is 6. The molecule has 0 atom stereocenters. The first-order chi connectivity index (χ1) is 15.2. The highest BCUT2D eigenvalue weighted by Gasteiger charge is 2.28. The van der Waals surface area contributed by atoms with E-state index in [1.54, 1.807) is 22.9 Å². The molecule has 0 unspecified atom stereocenters. The maximum Gasteiger partial charge on any atom is 0.295 e. The van der Waals surface area contributed by atoms with Crippen LogP contribution in [0.1, 0.15) is 21.1 Å². The van der Waals surface area contributed by atoms with E-state index in [0.29, 0.717) is 10.0 Å². The molecule has 0 saturated carbocycles. The summed E-state index contributed by atoms with van der Waals surface area (Å²) in [6.07, 6.45) is 3.04. The first-order valence-corrected chi connectivity index (χ1v) is 13.5. The Bertz CT molecular complexity index is 1390. The van der Waals surface area contributed by atoms with Gasteiger partial charge in [0.1, 0.15) is 19.8 Å². The van der Waals surface area contributed by atoms with E-state index in [4.69, 9.17) is 0 Å². The van der Waals surface area contributed by atoms with Gasteiger partial charge in [-0.05, 0) is 12.1 Å². The van der Waals surface area contributed by atoms with Crippen molar-refractivity contribution in [3.05, 3.63) is 92.8 Å². The maximum absolute atomic E-state index is 12.2. The molecule has 4 aromatic rings. The van der Waals surface area contributed by atoms with Gasteiger partial charge >= 0.3 is 0 Å². The highest BCUT2D eigenvalue weighted by Crippen LogP contribution is 2.41. The summed E-state index contributed by atoms with van der Waals surface area (Å²) in [7, 11) is -9.27. The number of nitrogens with zero attached hydrogens (tertiary/aromatic N) is 2. The Labute approximate surface area is 192 Å². The van der Waals surface area contributed by atoms with Crippen molar-refractivity contribution in [3.63, 3.8) is 0 Å². The minimum absolute atomic E-state index is 0.111.